The SMILES string of the molecule is CC(=O)O[C@@H](C)/C=C\C(=O)N[C@H]1CC[C@@H](C/C=C(C)/C=C/[C@H]2O[C@H](CC(=O)NN)C[C@@]3(CO3)[C@@H]2O)O[C@H]1C. The van der Waals surface area contributed by atoms with E-state index in [0.29, 0.717) is 19.4 Å². The second-order valence-electron chi connectivity index (χ2n) is 10.4. The molecule has 11 nitrogen and oxygen atoms in total. The van der Waals surface area contributed by atoms with Crippen molar-refractivity contribution in [3.05, 3.63) is 36.0 Å². The molecule has 3 saturated heterocycles. The minimum absolute atomic E-state index is 0.0276. The van der Waals surface area contributed by atoms with Crippen LogP contribution >= 0.6 is 0 Å². The van der Waals surface area contributed by atoms with Crippen LogP contribution in [0.1, 0.15) is 59.8 Å². The summed E-state index contributed by atoms with van der Waals surface area (Å²) >= 11 is 0. The van der Waals surface area contributed by atoms with Crippen LogP contribution in [-0.4, -0.2) is 77.8 Å². The summed E-state index contributed by atoms with van der Waals surface area (Å²) in [6.07, 6.45) is 9.17. The van der Waals surface area contributed by atoms with Gasteiger partial charge >= 0.3 is 5.97 Å². The van der Waals surface area contributed by atoms with E-state index < -0.39 is 29.9 Å². The van der Waals surface area contributed by atoms with E-state index in [1.165, 1.54) is 13.0 Å². The Balaban J connectivity index is 1.45. The number of nitrogens with two attached hydrogens (primary N) is 1. The molecule has 8 atom stereocenters. The first kappa shape index (κ1) is 30.0. The van der Waals surface area contributed by atoms with E-state index in [1.54, 1.807) is 19.1 Å². The van der Waals surface area contributed by atoms with Crippen LogP contribution < -0.4 is 16.6 Å². The second kappa shape index (κ2) is 13.5. The van der Waals surface area contributed by atoms with Crippen LogP contribution in [0.5, 0.6) is 0 Å². The van der Waals surface area contributed by atoms with Gasteiger partial charge in [0.1, 0.15) is 23.9 Å². The highest BCUT2D eigenvalue weighted by Crippen LogP contribution is 2.43. The molecule has 0 unspecified atom stereocenters. The molecular formula is C27H41N3O8. The van der Waals surface area contributed by atoms with Gasteiger partial charge in [0.25, 0.3) is 0 Å². The van der Waals surface area contributed by atoms with Crippen LogP contribution in [0, 0.1) is 0 Å². The Hall–Kier alpha value is -2.57. The molecule has 0 aromatic carbocycles. The molecule has 0 aliphatic carbocycles. The number of carbonyl (C=O) groups excluding carboxylic acids is 3. The van der Waals surface area contributed by atoms with Crippen LogP contribution in [-0.2, 0) is 33.3 Å². The number of epoxide rings is 1. The van der Waals surface area contributed by atoms with Crippen molar-refractivity contribution in [2.24, 2.45) is 5.84 Å². The van der Waals surface area contributed by atoms with Gasteiger partial charge in [-0.15, -0.1) is 0 Å². The summed E-state index contributed by atoms with van der Waals surface area (Å²) in [7, 11) is 0. The number of carbonyl (C=O) groups is 3. The van der Waals surface area contributed by atoms with Crippen molar-refractivity contribution in [1.29, 1.82) is 0 Å². The Morgan fingerprint density at radius 2 is 1.92 bits per heavy atom. The number of aliphatic hydroxyl groups is 1. The molecule has 38 heavy (non-hydrogen) atoms. The fraction of sp³-hybridized carbons (Fsp3) is 0.667. The lowest BCUT2D eigenvalue weighted by molar-refractivity contribution is -0.145. The first-order chi connectivity index (χ1) is 18.0. The van der Waals surface area contributed by atoms with E-state index in [-0.39, 0.29) is 42.6 Å². The molecule has 5 N–H and O–H groups in total. The van der Waals surface area contributed by atoms with Crippen LogP contribution in [0.4, 0.5) is 0 Å². The molecule has 3 rings (SSSR count). The van der Waals surface area contributed by atoms with Gasteiger partial charge in [-0.2, -0.15) is 0 Å². The van der Waals surface area contributed by atoms with Gasteiger partial charge in [-0.3, -0.25) is 19.8 Å². The maximum atomic E-state index is 12.2. The predicted molar refractivity (Wildman–Crippen MR) is 138 cm³/mol. The smallest absolute Gasteiger partial charge is 0.303 e. The predicted octanol–water partition coefficient (Wildman–Crippen LogP) is 1.11. The Kier molecular flexibility index (Phi) is 10.6. The number of hydrogen-bond donors (Lipinski definition) is 4. The van der Waals surface area contributed by atoms with Crippen LogP contribution in [0.2, 0.25) is 0 Å². The molecule has 2 amide bonds. The van der Waals surface area contributed by atoms with Crippen molar-refractivity contribution in [2.75, 3.05) is 6.61 Å². The van der Waals surface area contributed by atoms with Gasteiger partial charge in [0, 0.05) is 19.4 Å². The zero-order valence-corrected chi connectivity index (χ0v) is 22.6. The van der Waals surface area contributed by atoms with Crippen LogP contribution in [0.15, 0.2) is 36.0 Å². The summed E-state index contributed by atoms with van der Waals surface area (Å²) in [6.45, 7) is 7.37. The molecule has 0 aromatic heterocycles. The molecule has 3 aliphatic heterocycles. The third kappa shape index (κ3) is 8.74. The molecule has 3 fully saturated rings. The Morgan fingerprint density at radius 1 is 1.18 bits per heavy atom. The maximum Gasteiger partial charge on any atom is 0.303 e. The Morgan fingerprint density at radius 3 is 2.55 bits per heavy atom. The number of rotatable bonds is 10. The highest BCUT2D eigenvalue weighted by atomic mass is 16.6. The minimum atomic E-state index is -0.807. The van der Waals surface area contributed by atoms with Gasteiger partial charge in [-0.25, -0.2) is 5.84 Å². The molecule has 11 heteroatoms. The summed E-state index contributed by atoms with van der Waals surface area (Å²) in [6, 6.07) is -0.103. The largest absolute Gasteiger partial charge is 0.459 e. The monoisotopic (exact) mass is 535 g/mol. The first-order valence-electron chi connectivity index (χ1n) is 13.1. The zero-order chi connectivity index (χ0) is 27.9. The Labute approximate surface area is 223 Å². The minimum Gasteiger partial charge on any atom is -0.459 e. The zero-order valence-electron chi connectivity index (χ0n) is 22.6. The molecule has 1 spiro atoms. The second-order valence-corrected chi connectivity index (χ2v) is 10.4. The number of hydrogen-bond acceptors (Lipinski definition) is 9. The highest BCUT2D eigenvalue weighted by molar-refractivity contribution is 5.87. The average molecular weight is 536 g/mol. The average Bonchev–Trinajstić information content (AvgIpc) is 3.63. The van der Waals surface area contributed by atoms with Crippen molar-refractivity contribution in [3.63, 3.8) is 0 Å². The van der Waals surface area contributed by atoms with E-state index in [2.05, 4.69) is 16.8 Å². The van der Waals surface area contributed by atoms with Gasteiger partial charge in [-0.05, 0) is 46.1 Å². The van der Waals surface area contributed by atoms with Gasteiger partial charge in [0.05, 0.1) is 37.4 Å². The van der Waals surface area contributed by atoms with Gasteiger partial charge < -0.3 is 29.4 Å². The first-order valence-corrected chi connectivity index (χ1v) is 13.1. The van der Waals surface area contributed by atoms with Crippen molar-refractivity contribution in [2.45, 2.75) is 108 Å². The summed E-state index contributed by atoms with van der Waals surface area (Å²) < 4.78 is 22.6. The number of allylic oxidation sites excluding steroid dienone is 2. The lowest BCUT2D eigenvalue weighted by atomic mass is 9.87. The number of amides is 2. The summed E-state index contributed by atoms with van der Waals surface area (Å²) in [5, 5.41) is 13.7. The third-order valence-corrected chi connectivity index (χ3v) is 7.09. The van der Waals surface area contributed by atoms with Crippen LogP contribution in [0.3, 0.4) is 0 Å². The molecule has 3 aliphatic rings. The molecule has 0 aromatic rings. The van der Waals surface area contributed by atoms with E-state index in [9.17, 15) is 19.5 Å². The topological polar surface area (TPSA) is 162 Å². The molecule has 0 bridgehead atoms. The van der Waals surface area contributed by atoms with Gasteiger partial charge in [0.2, 0.25) is 11.8 Å². The van der Waals surface area contributed by atoms with E-state index in [1.807, 2.05) is 19.9 Å². The number of ether oxygens (including phenoxy) is 4. The lowest BCUT2D eigenvalue weighted by Gasteiger charge is -2.36. The molecule has 3 heterocycles. The quantitative estimate of drug-likeness (QED) is 0.0610. The molecular weight excluding hydrogens is 494 g/mol. The number of aliphatic hydroxyl groups excluding tert-OH is 1. The fourth-order valence-electron chi connectivity index (χ4n) is 4.88. The van der Waals surface area contributed by atoms with Crippen LogP contribution in [0.25, 0.3) is 0 Å². The van der Waals surface area contributed by atoms with Crippen molar-refractivity contribution in [1.82, 2.24) is 10.7 Å². The van der Waals surface area contributed by atoms with Crippen molar-refractivity contribution >= 4 is 17.8 Å². The molecule has 212 valence electrons. The van der Waals surface area contributed by atoms with Crippen molar-refractivity contribution < 1.29 is 38.4 Å². The van der Waals surface area contributed by atoms with E-state index in [0.717, 1.165) is 18.4 Å². The molecule has 0 saturated carbocycles. The number of nitrogens with one attached hydrogen (secondary N) is 2. The van der Waals surface area contributed by atoms with E-state index in [4.69, 9.17) is 24.8 Å². The van der Waals surface area contributed by atoms with E-state index >= 15 is 0 Å². The normalized spacial score (nSPS) is 34.3. The maximum absolute atomic E-state index is 12.2. The van der Waals surface area contributed by atoms with Crippen molar-refractivity contribution in [3.8, 4) is 0 Å². The van der Waals surface area contributed by atoms with Gasteiger partial charge in [0.15, 0.2) is 0 Å². The summed E-state index contributed by atoms with van der Waals surface area (Å²) in [5.74, 6) is 4.23. The lowest BCUT2D eigenvalue weighted by Crippen LogP contribution is -2.51. The number of esters is 1. The molecule has 0 radical (unpaired) electrons. The third-order valence-electron chi connectivity index (χ3n) is 7.09. The highest BCUT2D eigenvalue weighted by Gasteiger charge is 2.58. The standard InChI is InChI=1S/C27H41N3O8/c1-16(6-11-23-26(34)27(15-35-27)14-21(38-23)13-25(33)30-28)5-8-20-9-10-22(18(3)37-20)29-24(32)12-7-17(2)36-19(4)31/h5-7,11-12,17-18,20-23,26,34H,8-10,13-15,28H2,1-4H3,(H,29,32)(H,30,33)/b11-6+,12-7-,16-5+/t17-,18-,20+,21+,22-,23+,26+,27+/m0/s1. The summed E-state index contributed by atoms with van der Waals surface area (Å²) in [4.78, 5) is 34.9. The van der Waals surface area contributed by atoms with Gasteiger partial charge in [-0.1, -0.05) is 23.8 Å². The number of hydrazine groups is 1. The Bertz CT molecular complexity index is 945. The summed E-state index contributed by atoms with van der Waals surface area (Å²) in [5.41, 5.74) is 2.45. The fourth-order valence-corrected chi connectivity index (χ4v) is 4.88.